The zero-order valence-corrected chi connectivity index (χ0v) is 10.2. The fourth-order valence-electron chi connectivity index (χ4n) is 1.94. The summed E-state index contributed by atoms with van der Waals surface area (Å²) in [6.45, 7) is 0.964. The van der Waals surface area contributed by atoms with Gasteiger partial charge >= 0.3 is 0 Å². The maximum Gasteiger partial charge on any atom is 0.175 e. The second kappa shape index (κ2) is 4.27. The van der Waals surface area contributed by atoms with Gasteiger partial charge < -0.3 is 10.0 Å². The van der Waals surface area contributed by atoms with Gasteiger partial charge in [0.25, 0.3) is 0 Å². The number of hydrogen-bond donors (Lipinski definition) is 1. The van der Waals surface area contributed by atoms with Gasteiger partial charge in [-0.2, -0.15) is 0 Å². The summed E-state index contributed by atoms with van der Waals surface area (Å²) in [5.41, 5.74) is 0.342. The molecule has 0 bridgehead atoms. The quantitative estimate of drug-likeness (QED) is 0.853. The van der Waals surface area contributed by atoms with Crippen molar-refractivity contribution in [1.82, 2.24) is 0 Å². The lowest BCUT2D eigenvalue weighted by molar-refractivity contribution is 0.198. The number of rotatable bonds is 2. The molecule has 1 saturated heterocycles. The van der Waals surface area contributed by atoms with Crippen molar-refractivity contribution in [3.63, 3.8) is 0 Å². The summed E-state index contributed by atoms with van der Waals surface area (Å²) < 4.78 is 36.3. The summed E-state index contributed by atoms with van der Waals surface area (Å²) >= 11 is 0. The molecule has 1 aromatic rings. The van der Waals surface area contributed by atoms with Crippen molar-refractivity contribution in [3.05, 3.63) is 24.0 Å². The molecule has 94 valence electrons. The van der Waals surface area contributed by atoms with E-state index in [0.717, 1.165) is 12.3 Å². The molecule has 17 heavy (non-hydrogen) atoms. The molecule has 0 aliphatic carbocycles. The molecule has 0 aromatic heterocycles. The van der Waals surface area contributed by atoms with Gasteiger partial charge in [0, 0.05) is 19.3 Å². The highest BCUT2D eigenvalue weighted by atomic mass is 32.2. The van der Waals surface area contributed by atoms with Crippen LogP contribution in [0.15, 0.2) is 23.1 Å². The number of sulfone groups is 1. The zero-order chi connectivity index (χ0) is 12.6. The molecule has 1 aromatic carbocycles. The second-order valence-corrected chi connectivity index (χ2v) is 6.29. The first-order chi connectivity index (χ1) is 7.88. The highest BCUT2D eigenvalue weighted by molar-refractivity contribution is 7.90. The monoisotopic (exact) mass is 259 g/mol. The first-order valence-electron chi connectivity index (χ1n) is 5.30. The van der Waals surface area contributed by atoms with E-state index >= 15 is 0 Å². The average molecular weight is 259 g/mol. The van der Waals surface area contributed by atoms with Crippen LogP contribution in [0.5, 0.6) is 0 Å². The molecule has 1 aliphatic heterocycles. The SMILES string of the molecule is CS(=O)(=O)c1ccc(N2CC[C@@H](O)C2)c(F)c1. The molecule has 0 saturated carbocycles. The molecule has 0 radical (unpaired) electrons. The molecule has 1 heterocycles. The minimum Gasteiger partial charge on any atom is -0.391 e. The first-order valence-corrected chi connectivity index (χ1v) is 7.19. The van der Waals surface area contributed by atoms with E-state index in [4.69, 9.17) is 0 Å². The van der Waals surface area contributed by atoms with Gasteiger partial charge in [0.1, 0.15) is 5.82 Å². The van der Waals surface area contributed by atoms with E-state index in [1.807, 2.05) is 0 Å². The zero-order valence-electron chi connectivity index (χ0n) is 9.43. The first kappa shape index (κ1) is 12.3. The number of aliphatic hydroxyl groups excluding tert-OH is 1. The number of halogens is 1. The summed E-state index contributed by atoms with van der Waals surface area (Å²) in [7, 11) is -3.38. The topological polar surface area (TPSA) is 57.6 Å². The summed E-state index contributed by atoms with van der Waals surface area (Å²) in [5, 5.41) is 9.38. The molecule has 1 N–H and O–H groups in total. The van der Waals surface area contributed by atoms with Crippen molar-refractivity contribution >= 4 is 15.5 Å². The maximum atomic E-state index is 13.8. The Bertz CT molecular complexity index is 530. The Morgan fingerprint density at radius 3 is 2.65 bits per heavy atom. The van der Waals surface area contributed by atoms with Gasteiger partial charge in [-0.3, -0.25) is 0 Å². The molecular formula is C11H14FNO3S. The molecule has 0 amide bonds. The van der Waals surface area contributed by atoms with Crippen molar-refractivity contribution in [3.8, 4) is 0 Å². The van der Waals surface area contributed by atoms with Gasteiger partial charge in [-0.25, -0.2) is 12.8 Å². The minimum atomic E-state index is -3.38. The van der Waals surface area contributed by atoms with Crippen molar-refractivity contribution in [2.24, 2.45) is 0 Å². The van der Waals surface area contributed by atoms with E-state index in [2.05, 4.69) is 0 Å². The number of aliphatic hydroxyl groups is 1. The number of nitrogens with zero attached hydrogens (tertiary/aromatic N) is 1. The number of β-amino-alcohol motifs (C(OH)–C–C–N with tert-alkyl or cyclic N) is 1. The van der Waals surface area contributed by atoms with E-state index in [1.54, 1.807) is 4.90 Å². The van der Waals surface area contributed by atoms with E-state index in [9.17, 15) is 17.9 Å². The van der Waals surface area contributed by atoms with Gasteiger partial charge in [-0.15, -0.1) is 0 Å². The van der Waals surface area contributed by atoms with Gasteiger partial charge in [-0.05, 0) is 24.6 Å². The van der Waals surface area contributed by atoms with Crippen LogP contribution in [0.3, 0.4) is 0 Å². The second-order valence-electron chi connectivity index (χ2n) is 4.27. The Labute approximate surface area is 99.6 Å². The van der Waals surface area contributed by atoms with Crippen LogP contribution in [-0.2, 0) is 9.84 Å². The van der Waals surface area contributed by atoms with E-state index < -0.39 is 21.8 Å². The highest BCUT2D eigenvalue weighted by Crippen LogP contribution is 2.25. The Morgan fingerprint density at radius 2 is 2.18 bits per heavy atom. The van der Waals surface area contributed by atoms with E-state index in [0.29, 0.717) is 25.2 Å². The minimum absolute atomic E-state index is 0.0292. The van der Waals surface area contributed by atoms with E-state index in [-0.39, 0.29) is 4.90 Å². The van der Waals surface area contributed by atoms with E-state index in [1.165, 1.54) is 12.1 Å². The van der Waals surface area contributed by atoms with Gasteiger partial charge in [0.15, 0.2) is 9.84 Å². The lowest BCUT2D eigenvalue weighted by atomic mass is 10.3. The number of anilines is 1. The molecule has 2 rings (SSSR count). The van der Waals surface area contributed by atoms with Gasteiger partial charge in [0.05, 0.1) is 16.7 Å². The van der Waals surface area contributed by atoms with Gasteiger partial charge in [0.2, 0.25) is 0 Å². The summed E-state index contributed by atoms with van der Waals surface area (Å²) in [6.07, 6.45) is 1.21. The Kier molecular flexibility index (Phi) is 3.09. The standard InChI is InChI=1S/C11H14FNO3S/c1-17(15,16)9-2-3-11(10(12)6-9)13-5-4-8(14)7-13/h2-3,6,8,14H,4-5,7H2,1H3/t8-/m1/s1. The molecule has 1 fully saturated rings. The highest BCUT2D eigenvalue weighted by Gasteiger charge is 2.23. The predicted octanol–water partition coefficient (Wildman–Crippen LogP) is 0.800. The average Bonchev–Trinajstić information content (AvgIpc) is 2.63. The van der Waals surface area contributed by atoms with Crippen LogP contribution in [0, 0.1) is 5.82 Å². The van der Waals surface area contributed by atoms with Crippen molar-refractivity contribution in [1.29, 1.82) is 0 Å². The summed E-state index contributed by atoms with van der Waals surface area (Å²) in [6, 6.07) is 3.86. The van der Waals surface area contributed by atoms with Gasteiger partial charge in [-0.1, -0.05) is 0 Å². The third-order valence-electron chi connectivity index (χ3n) is 2.85. The third kappa shape index (κ3) is 2.58. The van der Waals surface area contributed by atoms with Crippen molar-refractivity contribution in [2.45, 2.75) is 17.4 Å². The van der Waals surface area contributed by atoms with Crippen LogP contribution in [0.25, 0.3) is 0 Å². The largest absolute Gasteiger partial charge is 0.391 e. The van der Waals surface area contributed by atoms with Crippen LogP contribution >= 0.6 is 0 Å². The summed E-state index contributed by atoms with van der Waals surface area (Å²) in [4.78, 5) is 1.69. The molecule has 6 heteroatoms. The van der Waals surface area contributed by atoms with Crippen LogP contribution in [0.2, 0.25) is 0 Å². The van der Waals surface area contributed by atoms with Crippen LogP contribution in [-0.4, -0.2) is 39.0 Å². The normalized spacial score (nSPS) is 20.9. The fraction of sp³-hybridized carbons (Fsp3) is 0.455. The lowest BCUT2D eigenvalue weighted by Crippen LogP contribution is -2.22. The Hall–Kier alpha value is -1.14. The predicted molar refractivity (Wildman–Crippen MR) is 62.3 cm³/mol. The molecule has 0 unspecified atom stereocenters. The number of hydrogen-bond acceptors (Lipinski definition) is 4. The molecule has 1 aliphatic rings. The van der Waals surface area contributed by atoms with Crippen molar-refractivity contribution in [2.75, 3.05) is 24.2 Å². The maximum absolute atomic E-state index is 13.8. The smallest absolute Gasteiger partial charge is 0.175 e. The Morgan fingerprint density at radius 1 is 1.47 bits per heavy atom. The van der Waals surface area contributed by atoms with Crippen LogP contribution in [0.4, 0.5) is 10.1 Å². The number of benzene rings is 1. The molecule has 0 spiro atoms. The summed E-state index contributed by atoms with van der Waals surface area (Å²) in [5.74, 6) is -0.568. The third-order valence-corrected chi connectivity index (χ3v) is 3.96. The lowest BCUT2D eigenvalue weighted by Gasteiger charge is -2.18. The molecular weight excluding hydrogens is 245 g/mol. The molecule has 1 atom stereocenters. The van der Waals surface area contributed by atoms with Crippen LogP contribution < -0.4 is 4.90 Å². The van der Waals surface area contributed by atoms with Crippen LogP contribution in [0.1, 0.15) is 6.42 Å². The Balaban J connectivity index is 2.32. The van der Waals surface area contributed by atoms with Crippen molar-refractivity contribution < 1.29 is 17.9 Å². The molecule has 4 nitrogen and oxygen atoms in total. The fourth-order valence-corrected chi connectivity index (χ4v) is 2.57.